The van der Waals surface area contributed by atoms with Gasteiger partial charge in [-0.15, -0.1) is 15.5 Å². The monoisotopic (exact) mass is 435 g/mol. The Kier molecular flexibility index (Phi) is 4.57. The van der Waals surface area contributed by atoms with E-state index in [1.54, 1.807) is 0 Å². The first-order valence-electron chi connectivity index (χ1n) is 6.83. The molecule has 0 saturated heterocycles. The van der Waals surface area contributed by atoms with E-state index < -0.39 is 53.1 Å². The average molecular weight is 436 g/mol. The van der Waals surface area contributed by atoms with Gasteiger partial charge >= 0.3 is 6.18 Å². The molecule has 0 aromatic heterocycles. The van der Waals surface area contributed by atoms with E-state index in [1.807, 2.05) is 0 Å². The highest BCUT2D eigenvalue weighted by Gasteiger charge is 2.63. The van der Waals surface area contributed by atoms with Crippen molar-refractivity contribution in [2.75, 3.05) is 0 Å². The fourth-order valence-electron chi connectivity index (χ4n) is 2.01. The quantitative estimate of drug-likeness (QED) is 0.281. The Hall–Kier alpha value is -2.27. The molecule has 0 fully saturated rings. The molecule has 0 unspecified atom stereocenters. The summed E-state index contributed by atoms with van der Waals surface area (Å²) in [6, 6.07) is 3.72. The zero-order valence-electron chi connectivity index (χ0n) is 12.9. The molecule has 2 aromatic rings. The number of benzene rings is 2. The number of nitro benzene ring substituents is 1. The minimum Gasteiger partial charge on any atom is -0.258 e. The van der Waals surface area contributed by atoms with Crippen molar-refractivity contribution in [3.05, 3.63) is 75.2 Å². The molecule has 2 rings (SSSR count). The van der Waals surface area contributed by atoms with Gasteiger partial charge in [-0.1, -0.05) is 23.7 Å². The Labute approximate surface area is 152 Å². The molecule has 0 heterocycles. The van der Waals surface area contributed by atoms with E-state index in [4.69, 9.17) is 11.6 Å². The smallest absolute Gasteiger partial charge is 0.258 e. The molecule has 0 saturated carbocycles. The van der Waals surface area contributed by atoms with E-state index in [-0.39, 0.29) is 12.1 Å². The standard InChI is InChI=1S/C15H9ClF7NO2S/c16-14(10-1-3-11(4-2-10)15(17,18)19)9-27(20,21,22,23)13-7-5-12(6-8-13)24(25)26/h1-9H/b14-9+. The molecule has 12 heteroatoms. The number of halogens is 8. The highest BCUT2D eigenvalue weighted by molar-refractivity contribution is 8.52. The predicted molar refractivity (Wildman–Crippen MR) is 88.7 cm³/mol. The summed E-state index contributed by atoms with van der Waals surface area (Å²) >= 11 is 5.51. The second kappa shape index (κ2) is 5.86. The third-order valence-electron chi connectivity index (χ3n) is 3.37. The van der Waals surface area contributed by atoms with Crippen molar-refractivity contribution in [3.63, 3.8) is 0 Å². The summed E-state index contributed by atoms with van der Waals surface area (Å²) in [5.41, 5.74) is -2.27. The molecule has 148 valence electrons. The number of rotatable bonds is 4. The van der Waals surface area contributed by atoms with Gasteiger partial charge < -0.3 is 0 Å². The van der Waals surface area contributed by atoms with E-state index in [0.29, 0.717) is 36.4 Å². The number of alkyl halides is 3. The number of nitro groups is 1. The highest BCUT2D eigenvalue weighted by atomic mass is 35.5. The molecular weight excluding hydrogens is 427 g/mol. The molecule has 2 aromatic carbocycles. The second-order valence-corrected chi connectivity index (χ2v) is 8.80. The van der Waals surface area contributed by atoms with Crippen molar-refractivity contribution in [3.8, 4) is 0 Å². The van der Waals surface area contributed by atoms with Crippen LogP contribution in [0.15, 0.2) is 58.8 Å². The van der Waals surface area contributed by atoms with Gasteiger partial charge in [0.1, 0.15) is 0 Å². The van der Waals surface area contributed by atoms with Crippen molar-refractivity contribution in [1.29, 1.82) is 0 Å². The molecular formula is C15H9ClF7NO2S. The third kappa shape index (κ3) is 4.72. The lowest BCUT2D eigenvalue weighted by atomic mass is 10.1. The van der Waals surface area contributed by atoms with Crippen molar-refractivity contribution >= 4 is 32.2 Å². The maximum absolute atomic E-state index is 14.3. The lowest BCUT2D eigenvalue weighted by Gasteiger charge is -2.47. The summed E-state index contributed by atoms with van der Waals surface area (Å²) < 4.78 is 94.9. The van der Waals surface area contributed by atoms with Crippen LogP contribution in [-0.2, 0) is 6.18 Å². The first-order valence-corrected chi connectivity index (χ1v) is 9.33. The van der Waals surface area contributed by atoms with Crippen LogP contribution in [0.1, 0.15) is 11.1 Å². The van der Waals surface area contributed by atoms with Gasteiger partial charge in [0, 0.05) is 12.1 Å². The molecule has 27 heavy (non-hydrogen) atoms. The highest BCUT2D eigenvalue weighted by Crippen LogP contribution is 3.02. The van der Waals surface area contributed by atoms with E-state index in [0.717, 1.165) is 0 Å². The minimum absolute atomic E-state index is 0.201. The van der Waals surface area contributed by atoms with Gasteiger partial charge in [0.25, 0.3) is 5.69 Å². The summed E-state index contributed by atoms with van der Waals surface area (Å²) in [4.78, 5) is 7.77. The van der Waals surface area contributed by atoms with Gasteiger partial charge in [-0.05, 0) is 29.8 Å². The van der Waals surface area contributed by atoms with Crippen LogP contribution < -0.4 is 0 Å². The normalized spacial score (nSPS) is 15.8. The van der Waals surface area contributed by atoms with Gasteiger partial charge in [0.15, 0.2) is 0 Å². The fourth-order valence-corrected chi connectivity index (χ4v) is 4.07. The van der Waals surface area contributed by atoms with Crippen molar-refractivity contribution in [1.82, 2.24) is 0 Å². The number of non-ortho nitro benzene ring substituents is 1. The van der Waals surface area contributed by atoms with Crippen LogP contribution in [0.4, 0.5) is 34.4 Å². The fraction of sp³-hybridized carbons (Fsp3) is 0.0667. The van der Waals surface area contributed by atoms with E-state index in [1.165, 1.54) is 0 Å². The SMILES string of the molecule is O=[N+]([O-])c1ccc(S(F)(F)(F)(F)/C=C(/Cl)c2ccc(C(F)(F)F)cc2)cc1. The molecule has 0 aliphatic carbocycles. The molecule has 0 aliphatic heterocycles. The van der Waals surface area contributed by atoms with Crippen LogP contribution in [0.3, 0.4) is 0 Å². The molecule has 0 aliphatic rings. The summed E-state index contributed by atoms with van der Waals surface area (Å²) in [5, 5.41) is 8.54. The van der Waals surface area contributed by atoms with Gasteiger partial charge in [-0.2, -0.15) is 13.2 Å². The topological polar surface area (TPSA) is 43.1 Å². The Bertz CT molecular complexity index is 919. The maximum Gasteiger partial charge on any atom is 0.416 e. The first-order chi connectivity index (χ1) is 12.0. The molecule has 0 spiro atoms. The molecule has 0 amide bonds. The zero-order valence-corrected chi connectivity index (χ0v) is 14.5. The van der Waals surface area contributed by atoms with Gasteiger partial charge in [0.2, 0.25) is 9.84 Å². The van der Waals surface area contributed by atoms with Gasteiger partial charge in [-0.3, -0.25) is 10.1 Å². The molecule has 0 bridgehead atoms. The van der Waals surface area contributed by atoms with Crippen molar-refractivity contribution in [2.45, 2.75) is 11.1 Å². The Balaban J connectivity index is 2.50. The molecule has 0 radical (unpaired) electrons. The number of hydrogen-bond donors (Lipinski definition) is 0. The van der Waals surface area contributed by atoms with Crippen LogP contribution in [0.25, 0.3) is 5.03 Å². The van der Waals surface area contributed by atoms with Crippen LogP contribution >= 0.6 is 21.4 Å². The lowest BCUT2D eigenvalue weighted by Crippen LogP contribution is -2.11. The summed E-state index contributed by atoms with van der Waals surface area (Å²) in [6.07, 6.45) is -4.70. The van der Waals surface area contributed by atoms with Crippen LogP contribution in [0, 0.1) is 10.1 Å². The zero-order chi connectivity index (χ0) is 20.7. The minimum atomic E-state index is -9.11. The second-order valence-electron chi connectivity index (χ2n) is 5.42. The van der Waals surface area contributed by atoms with Crippen molar-refractivity contribution < 1.29 is 33.6 Å². The third-order valence-corrected chi connectivity index (χ3v) is 5.79. The van der Waals surface area contributed by atoms with Gasteiger partial charge in [0.05, 0.1) is 25.8 Å². The molecule has 0 N–H and O–H groups in total. The Morgan fingerprint density at radius 3 is 1.85 bits per heavy atom. The first kappa shape index (κ1) is 21.0. The molecule has 3 nitrogen and oxygen atoms in total. The van der Waals surface area contributed by atoms with Crippen LogP contribution in [0.2, 0.25) is 0 Å². The van der Waals surface area contributed by atoms with Crippen LogP contribution in [0.5, 0.6) is 0 Å². The Morgan fingerprint density at radius 1 is 0.963 bits per heavy atom. The summed E-state index contributed by atoms with van der Waals surface area (Å²) in [6.45, 7) is 0. The Morgan fingerprint density at radius 2 is 1.44 bits per heavy atom. The van der Waals surface area contributed by atoms with E-state index >= 15 is 0 Å². The number of hydrogen-bond acceptors (Lipinski definition) is 2. The molecule has 0 atom stereocenters. The average Bonchev–Trinajstić information content (AvgIpc) is 2.53. The summed E-state index contributed by atoms with van der Waals surface area (Å²) in [5.74, 6) is 0. The lowest BCUT2D eigenvalue weighted by molar-refractivity contribution is -0.384. The van der Waals surface area contributed by atoms with E-state index in [9.17, 15) is 38.8 Å². The van der Waals surface area contributed by atoms with Gasteiger partial charge in [-0.25, -0.2) is 0 Å². The van der Waals surface area contributed by atoms with E-state index in [2.05, 4.69) is 0 Å². The summed E-state index contributed by atoms with van der Waals surface area (Å²) in [7, 11) is -9.11. The van der Waals surface area contributed by atoms with Crippen LogP contribution in [-0.4, -0.2) is 4.92 Å². The number of nitrogens with zero attached hydrogens (tertiary/aromatic N) is 1. The largest absolute Gasteiger partial charge is 0.416 e. The predicted octanol–water partition coefficient (Wildman–Crippen LogP) is 7.62. The van der Waals surface area contributed by atoms with Crippen molar-refractivity contribution in [2.24, 2.45) is 0 Å². The maximum atomic E-state index is 14.3.